The molecule has 148 valence electrons. The molecule has 8 nitrogen and oxygen atoms in total. The molecule has 0 bridgehead atoms. The minimum absolute atomic E-state index is 0.170. The van der Waals surface area contributed by atoms with Gasteiger partial charge < -0.3 is 10.1 Å². The van der Waals surface area contributed by atoms with Gasteiger partial charge in [-0.15, -0.1) is 0 Å². The molecular weight excluding hydrogens is 372 g/mol. The zero-order valence-electron chi connectivity index (χ0n) is 16.0. The molecule has 0 aliphatic heterocycles. The molecule has 1 aromatic heterocycles. The van der Waals surface area contributed by atoms with Crippen LogP contribution in [0.15, 0.2) is 61.2 Å². The van der Waals surface area contributed by atoms with Gasteiger partial charge in [0.05, 0.1) is 17.8 Å². The second-order valence-electron chi connectivity index (χ2n) is 6.43. The van der Waals surface area contributed by atoms with Crippen LogP contribution in [-0.2, 0) is 16.1 Å². The number of nitrogens with zero attached hydrogens (tertiary/aromatic N) is 3. The van der Waals surface area contributed by atoms with Gasteiger partial charge in [-0.05, 0) is 43.7 Å². The number of ketones is 1. The number of carbonyl (C=O) groups is 3. The average Bonchev–Trinajstić information content (AvgIpc) is 3.21. The van der Waals surface area contributed by atoms with Crippen LogP contribution in [0, 0.1) is 0 Å². The number of anilines is 1. The maximum atomic E-state index is 12.4. The van der Waals surface area contributed by atoms with E-state index in [1.165, 1.54) is 20.2 Å². The molecule has 1 atom stereocenters. The molecule has 0 aliphatic rings. The van der Waals surface area contributed by atoms with Crippen LogP contribution in [0.2, 0.25) is 0 Å². The van der Waals surface area contributed by atoms with Gasteiger partial charge in [0, 0.05) is 5.56 Å². The number of rotatable bonds is 7. The molecule has 3 rings (SSSR count). The SMILES string of the molecule is CC(=O)c1ccccc1NC(=O)C(C)OC(=O)c1ccc(Cn2cncn2)cc1. The van der Waals surface area contributed by atoms with Gasteiger partial charge in [-0.1, -0.05) is 24.3 Å². The lowest BCUT2D eigenvalue weighted by Gasteiger charge is -2.15. The van der Waals surface area contributed by atoms with E-state index >= 15 is 0 Å². The van der Waals surface area contributed by atoms with Crippen molar-refractivity contribution < 1.29 is 19.1 Å². The number of hydrogen-bond donors (Lipinski definition) is 1. The summed E-state index contributed by atoms with van der Waals surface area (Å²) < 4.78 is 6.92. The first-order valence-electron chi connectivity index (χ1n) is 8.97. The van der Waals surface area contributed by atoms with Crippen molar-refractivity contribution in [3.8, 4) is 0 Å². The van der Waals surface area contributed by atoms with Gasteiger partial charge in [0.25, 0.3) is 5.91 Å². The Hall–Kier alpha value is -3.81. The predicted octanol–water partition coefficient (Wildman–Crippen LogP) is 2.71. The Balaban J connectivity index is 1.60. The fourth-order valence-electron chi connectivity index (χ4n) is 2.66. The number of Topliss-reactive ketones (excluding diaryl/α,β-unsaturated/α-hetero) is 1. The Morgan fingerprint density at radius 1 is 1.10 bits per heavy atom. The van der Waals surface area contributed by atoms with E-state index in [0.717, 1.165) is 5.56 Å². The lowest BCUT2D eigenvalue weighted by atomic mass is 10.1. The van der Waals surface area contributed by atoms with Crippen molar-refractivity contribution in [1.29, 1.82) is 0 Å². The van der Waals surface area contributed by atoms with E-state index in [-0.39, 0.29) is 5.78 Å². The molecule has 29 heavy (non-hydrogen) atoms. The summed E-state index contributed by atoms with van der Waals surface area (Å²) in [7, 11) is 0. The van der Waals surface area contributed by atoms with Crippen LogP contribution in [0.1, 0.15) is 40.1 Å². The zero-order valence-corrected chi connectivity index (χ0v) is 16.0. The molecule has 0 fully saturated rings. The minimum atomic E-state index is -1.03. The summed E-state index contributed by atoms with van der Waals surface area (Å²) in [6.07, 6.45) is 2.03. The van der Waals surface area contributed by atoms with Crippen LogP contribution in [-0.4, -0.2) is 38.5 Å². The van der Waals surface area contributed by atoms with Crippen molar-refractivity contribution >= 4 is 23.3 Å². The van der Waals surface area contributed by atoms with Crippen molar-refractivity contribution in [2.24, 2.45) is 0 Å². The van der Waals surface area contributed by atoms with Crippen molar-refractivity contribution in [1.82, 2.24) is 14.8 Å². The van der Waals surface area contributed by atoms with Gasteiger partial charge in [0.15, 0.2) is 11.9 Å². The lowest BCUT2D eigenvalue weighted by molar-refractivity contribution is -0.123. The Labute approximate surface area is 167 Å². The highest BCUT2D eigenvalue weighted by molar-refractivity contribution is 6.05. The summed E-state index contributed by atoms with van der Waals surface area (Å²) in [5, 5.41) is 6.66. The number of hydrogen-bond acceptors (Lipinski definition) is 6. The fourth-order valence-corrected chi connectivity index (χ4v) is 2.66. The Kier molecular flexibility index (Phi) is 6.13. The molecule has 0 radical (unpaired) electrons. The molecule has 3 aromatic rings. The topological polar surface area (TPSA) is 103 Å². The molecular formula is C21H20N4O4. The molecule has 0 saturated carbocycles. The maximum absolute atomic E-state index is 12.4. The molecule has 8 heteroatoms. The summed E-state index contributed by atoms with van der Waals surface area (Å²) in [4.78, 5) is 40.2. The number of carbonyl (C=O) groups excluding carboxylic acids is 3. The van der Waals surface area contributed by atoms with Crippen molar-refractivity contribution in [3.63, 3.8) is 0 Å². The highest BCUT2D eigenvalue weighted by Crippen LogP contribution is 2.16. The molecule has 0 spiro atoms. The van der Waals surface area contributed by atoms with E-state index in [0.29, 0.717) is 23.4 Å². The van der Waals surface area contributed by atoms with Crippen molar-refractivity contribution in [2.75, 3.05) is 5.32 Å². The molecule has 0 aliphatic carbocycles. The number of amides is 1. The van der Waals surface area contributed by atoms with E-state index < -0.39 is 18.0 Å². The van der Waals surface area contributed by atoms with Crippen LogP contribution < -0.4 is 5.32 Å². The third kappa shape index (κ3) is 5.13. The molecule has 1 unspecified atom stereocenters. The smallest absolute Gasteiger partial charge is 0.338 e. The predicted molar refractivity (Wildman–Crippen MR) is 106 cm³/mol. The number of benzene rings is 2. The first kappa shape index (κ1) is 19.9. The van der Waals surface area contributed by atoms with Crippen LogP contribution >= 0.6 is 0 Å². The number of ether oxygens (including phenoxy) is 1. The Morgan fingerprint density at radius 2 is 1.83 bits per heavy atom. The summed E-state index contributed by atoms with van der Waals surface area (Å²) >= 11 is 0. The van der Waals surface area contributed by atoms with Gasteiger partial charge >= 0.3 is 5.97 Å². The van der Waals surface area contributed by atoms with E-state index in [2.05, 4.69) is 15.4 Å². The van der Waals surface area contributed by atoms with Crippen LogP contribution in [0.3, 0.4) is 0 Å². The molecule has 1 amide bonds. The van der Waals surface area contributed by atoms with Crippen LogP contribution in [0.4, 0.5) is 5.69 Å². The quantitative estimate of drug-likeness (QED) is 0.490. The lowest BCUT2D eigenvalue weighted by Crippen LogP contribution is -2.30. The largest absolute Gasteiger partial charge is 0.449 e. The summed E-state index contributed by atoms with van der Waals surface area (Å²) in [6, 6.07) is 13.5. The highest BCUT2D eigenvalue weighted by atomic mass is 16.5. The summed E-state index contributed by atoms with van der Waals surface area (Å²) in [5.74, 6) is -1.30. The normalized spacial score (nSPS) is 11.5. The van der Waals surface area contributed by atoms with E-state index in [9.17, 15) is 14.4 Å². The van der Waals surface area contributed by atoms with E-state index in [4.69, 9.17) is 4.74 Å². The number of aromatic nitrogens is 3. The molecule has 1 N–H and O–H groups in total. The molecule has 0 saturated heterocycles. The molecule has 2 aromatic carbocycles. The van der Waals surface area contributed by atoms with E-state index in [1.807, 2.05) is 0 Å². The third-order valence-electron chi connectivity index (χ3n) is 4.22. The second-order valence-corrected chi connectivity index (χ2v) is 6.43. The first-order chi connectivity index (χ1) is 13.9. The monoisotopic (exact) mass is 392 g/mol. The van der Waals surface area contributed by atoms with Gasteiger partial charge in [-0.3, -0.25) is 9.59 Å². The third-order valence-corrected chi connectivity index (χ3v) is 4.22. The van der Waals surface area contributed by atoms with Gasteiger partial charge in [0.1, 0.15) is 12.7 Å². The first-order valence-corrected chi connectivity index (χ1v) is 8.97. The van der Waals surface area contributed by atoms with Gasteiger partial charge in [0.2, 0.25) is 0 Å². The van der Waals surface area contributed by atoms with Crippen molar-refractivity contribution in [2.45, 2.75) is 26.5 Å². The van der Waals surface area contributed by atoms with Gasteiger partial charge in [-0.25, -0.2) is 14.5 Å². The van der Waals surface area contributed by atoms with Crippen LogP contribution in [0.5, 0.6) is 0 Å². The summed E-state index contributed by atoms with van der Waals surface area (Å²) in [5.41, 5.74) is 2.04. The Bertz CT molecular complexity index is 1010. The minimum Gasteiger partial charge on any atom is -0.449 e. The maximum Gasteiger partial charge on any atom is 0.338 e. The fraction of sp³-hybridized carbons (Fsp3) is 0.190. The molecule has 1 heterocycles. The zero-order chi connectivity index (χ0) is 20.8. The highest BCUT2D eigenvalue weighted by Gasteiger charge is 2.20. The van der Waals surface area contributed by atoms with Crippen LogP contribution in [0.25, 0.3) is 0 Å². The second kappa shape index (κ2) is 8.92. The van der Waals surface area contributed by atoms with Gasteiger partial charge in [-0.2, -0.15) is 5.10 Å². The summed E-state index contributed by atoms with van der Waals surface area (Å²) in [6.45, 7) is 3.42. The van der Waals surface area contributed by atoms with Crippen molar-refractivity contribution in [3.05, 3.63) is 77.9 Å². The standard InChI is InChI=1S/C21H20N4O4/c1-14(26)18-5-3-4-6-19(18)24-20(27)15(2)29-21(28)17-9-7-16(8-10-17)11-25-13-22-12-23-25/h3-10,12-13,15H,11H2,1-2H3,(H,24,27). The number of esters is 1. The number of para-hydroxylation sites is 1. The van der Waals surface area contributed by atoms with E-state index in [1.54, 1.807) is 59.5 Å². The Morgan fingerprint density at radius 3 is 2.48 bits per heavy atom. The number of nitrogens with one attached hydrogen (secondary N) is 1. The average molecular weight is 392 g/mol.